The number of ether oxygens (including phenoxy) is 5. The molecule has 33 heavy (non-hydrogen) atoms. The average Bonchev–Trinajstić information content (AvgIpc) is 2.78. The summed E-state index contributed by atoms with van der Waals surface area (Å²) in [5.74, 6) is -0.130. The Morgan fingerprint density at radius 3 is 1.58 bits per heavy atom. The van der Waals surface area contributed by atoms with Crippen LogP contribution in [-0.2, 0) is 14.2 Å². The molecule has 1 N–H and O–H groups in total. The topological polar surface area (TPSA) is 101 Å². The van der Waals surface area contributed by atoms with E-state index in [2.05, 4.69) is 31.9 Å². The first kappa shape index (κ1) is 28.9. The first-order valence-corrected chi connectivity index (χ1v) is 11.4. The highest BCUT2D eigenvalue weighted by Crippen LogP contribution is 2.32. The number of carbonyl (C=O) groups is 2. The minimum absolute atomic E-state index is 0.246. The van der Waals surface area contributed by atoms with E-state index in [1.165, 1.54) is 7.11 Å². The fourth-order valence-electron chi connectivity index (χ4n) is 2.69. The van der Waals surface area contributed by atoms with Crippen molar-refractivity contribution < 1.29 is 38.4 Å². The number of hydrogen-bond donors (Lipinski definition) is 1. The predicted molar refractivity (Wildman–Crippen MR) is 131 cm³/mol. The second-order valence-corrected chi connectivity index (χ2v) is 8.29. The van der Waals surface area contributed by atoms with E-state index in [0.29, 0.717) is 49.1 Å². The van der Waals surface area contributed by atoms with Gasteiger partial charge in [-0.3, -0.25) is 0 Å². The average molecular weight is 592 g/mol. The monoisotopic (exact) mass is 590 g/mol. The van der Waals surface area contributed by atoms with Crippen molar-refractivity contribution in [1.82, 2.24) is 0 Å². The molecule has 0 aliphatic carbocycles. The zero-order valence-corrected chi connectivity index (χ0v) is 22.4. The van der Waals surface area contributed by atoms with E-state index >= 15 is 0 Å². The molecule has 0 radical (unpaired) electrons. The number of methoxy groups -OCH3 is 3. The molecule has 0 heterocycles. The summed E-state index contributed by atoms with van der Waals surface area (Å²) in [4.78, 5) is 22.4. The maximum absolute atomic E-state index is 11.5. The minimum Gasteiger partial charge on any atom is -0.490 e. The Hall–Kier alpha value is -2.14. The number of rotatable bonds is 10. The van der Waals surface area contributed by atoms with Crippen LogP contribution in [0.25, 0.3) is 0 Å². The molecule has 0 aliphatic rings. The van der Waals surface area contributed by atoms with Crippen LogP contribution in [0, 0.1) is 13.8 Å². The van der Waals surface area contributed by atoms with E-state index in [4.69, 9.17) is 28.8 Å². The maximum Gasteiger partial charge on any atom is 0.338 e. The SMILES string of the molecule is COCCOc1c(Br)ccc(C(=O)O)c1C.COCCOc1c(Br)ccc(C(=O)OC)c1C. The standard InChI is InChI=1S/C12H15BrO4.C11H13BrO4/c1-8-9(12(14)16-3)4-5-10(13)11(8)17-7-6-15-2;1-7-8(11(13)14)3-4-9(12)10(7)16-6-5-15-2/h4-5H,6-7H2,1-3H3;3-4H,5-6H2,1-2H3,(H,13,14). The number of benzene rings is 2. The van der Waals surface area contributed by atoms with Gasteiger partial charge in [0.05, 0.1) is 40.4 Å². The summed E-state index contributed by atoms with van der Waals surface area (Å²) >= 11 is 6.71. The molecule has 0 atom stereocenters. The summed E-state index contributed by atoms with van der Waals surface area (Å²) < 4.78 is 27.1. The Morgan fingerprint density at radius 2 is 1.18 bits per heavy atom. The zero-order chi connectivity index (χ0) is 25.0. The second kappa shape index (κ2) is 14.9. The molecule has 10 heteroatoms. The molecule has 2 rings (SSSR count). The van der Waals surface area contributed by atoms with Crippen molar-refractivity contribution in [1.29, 1.82) is 0 Å². The third kappa shape index (κ3) is 8.62. The van der Waals surface area contributed by atoms with Gasteiger partial charge < -0.3 is 28.8 Å². The maximum atomic E-state index is 11.5. The number of halogens is 2. The van der Waals surface area contributed by atoms with Crippen molar-refractivity contribution in [2.45, 2.75) is 13.8 Å². The van der Waals surface area contributed by atoms with Crippen LogP contribution >= 0.6 is 31.9 Å². The molecule has 8 nitrogen and oxygen atoms in total. The fraction of sp³-hybridized carbons (Fsp3) is 0.391. The Labute approximate surface area is 210 Å². The van der Waals surface area contributed by atoms with Crippen molar-refractivity contribution in [2.24, 2.45) is 0 Å². The molecule has 0 saturated heterocycles. The van der Waals surface area contributed by atoms with E-state index in [1.807, 2.05) is 6.92 Å². The summed E-state index contributed by atoms with van der Waals surface area (Å²) in [6, 6.07) is 6.68. The van der Waals surface area contributed by atoms with Gasteiger partial charge >= 0.3 is 11.9 Å². The normalized spacial score (nSPS) is 10.2. The van der Waals surface area contributed by atoms with Gasteiger partial charge in [-0.2, -0.15) is 0 Å². The van der Waals surface area contributed by atoms with Crippen LogP contribution < -0.4 is 9.47 Å². The van der Waals surface area contributed by atoms with Gasteiger partial charge in [-0.25, -0.2) is 9.59 Å². The minimum atomic E-state index is -0.957. The van der Waals surface area contributed by atoms with Crippen LogP contribution in [0.2, 0.25) is 0 Å². The van der Waals surface area contributed by atoms with Crippen LogP contribution in [0.4, 0.5) is 0 Å². The van der Waals surface area contributed by atoms with E-state index in [0.717, 1.165) is 14.5 Å². The molecule has 0 bridgehead atoms. The first-order valence-electron chi connectivity index (χ1n) is 9.82. The molecular weight excluding hydrogens is 564 g/mol. The van der Waals surface area contributed by atoms with Gasteiger partial charge in [0, 0.05) is 25.3 Å². The van der Waals surface area contributed by atoms with Crippen LogP contribution in [0.1, 0.15) is 31.8 Å². The number of carboxylic acids is 1. The Balaban J connectivity index is 0.000000331. The van der Waals surface area contributed by atoms with Gasteiger partial charge in [0.2, 0.25) is 0 Å². The second-order valence-electron chi connectivity index (χ2n) is 6.58. The number of carboxylic acid groups (broad SMARTS) is 1. The van der Waals surface area contributed by atoms with E-state index in [9.17, 15) is 9.59 Å². The van der Waals surface area contributed by atoms with E-state index in [1.54, 1.807) is 45.4 Å². The first-order chi connectivity index (χ1) is 15.7. The molecule has 0 fully saturated rings. The molecule has 182 valence electrons. The highest BCUT2D eigenvalue weighted by atomic mass is 79.9. The third-order valence-corrected chi connectivity index (χ3v) is 5.67. The van der Waals surface area contributed by atoms with Gasteiger partial charge in [0.15, 0.2) is 0 Å². The molecular formula is C23H28Br2O8. The number of esters is 1. The van der Waals surface area contributed by atoms with Gasteiger partial charge in [-0.1, -0.05) is 0 Å². The van der Waals surface area contributed by atoms with Crippen LogP contribution in [0.3, 0.4) is 0 Å². The largest absolute Gasteiger partial charge is 0.490 e. The lowest BCUT2D eigenvalue weighted by atomic mass is 10.1. The van der Waals surface area contributed by atoms with Gasteiger partial charge in [0.25, 0.3) is 0 Å². The Morgan fingerprint density at radius 1 is 0.758 bits per heavy atom. The lowest BCUT2D eigenvalue weighted by Crippen LogP contribution is -2.09. The summed E-state index contributed by atoms with van der Waals surface area (Å²) in [6.45, 7) is 5.31. The quantitative estimate of drug-likeness (QED) is 0.303. The molecule has 0 amide bonds. The summed E-state index contributed by atoms with van der Waals surface area (Å²) in [6.07, 6.45) is 0. The summed E-state index contributed by atoms with van der Waals surface area (Å²) in [7, 11) is 4.55. The highest BCUT2D eigenvalue weighted by molar-refractivity contribution is 9.10. The van der Waals surface area contributed by atoms with Crippen molar-refractivity contribution in [3.63, 3.8) is 0 Å². The third-order valence-electron chi connectivity index (χ3n) is 4.42. The fourth-order valence-corrected chi connectivity index (χ4v) is 3.78. The van der Waals surface area contributed by atoms with Gasteiger partial charge in [-0.05, 0) is 70.0 Å². The van der Waals surface area contributed by atoms with Crippen molar-refractivity contribution >= 4 is 43.8 Å². The van der Waals surface area contributed by atoms with Crippen molar-refractivity contribution in [3.8, 4) is 11.5 Å². The molecule has 0 unspecified atom stereocenters. The predicted octanol–water partition coefficient (Wildman–Crippen LogP) is 5.05. The molecule has 0 spiro atoms. The van der Waals surface area contributed by atoms with E-state index in [-0.39, 0.29) is 11.5 Å². The number of carbonyl (C=O) groups excluding carboxylic acids is 1. The molecule has 2 aromatic carbocycles. The molecule has 2 aromatic rings. The van der Waals surface area contributed by atoms with Crippen molar-refractivity contribution in [2.75, 3.05) is 47.8 Å². The number of aromatic carboxylic acids is 1. The van der Waals surface area contributed by atoms with E-state index < -0.39 is 5.97 Å². The molecule has 0 aliphatic heterocycles. The molecule has 0 aromatic heterocycles. The highest BCUT2D eigenvalue weighted by Gasteiger charge is 2.16. The summed E-state index contributed by atoms with van der Waals surface area (Å²) in [5.41, 5.74) is 2.11. The molecule has 0 saturated carbocycles. The van der Waals surface area contributed by atoms with Gasteiger partial charge in [-0.15, -0.1) is 0 Å². The van der Waals surface area contributed by atoms with Gasteiger partial charge in [0.1, 0.15) is 24.7 Å². The van der Waals surface area contributed by atoms with Crippen LogP contribution in [0.15, 0.2) is 33.2 Å². The lowest BCUT2D eigenvalue weighted by molar-refractivity contribution is 0.0598. The summed E-state index contributed by atoms with van der Waals surface area (Å²) in [5, 5.41) is 8.96. The Kier molecular flexibility index (Phi) is 13.0. The van der Waals surface area contributed by atoms with Crippen LogP contribution in [-0.4, -0.2) is 64.8 Å². The van der Waals surface area contributed by atoms with Crippen molar-refractivity contribution in [3.05, 3.63) is 55.5 Å². The zero-order valence-electron chi connectivity index (χ0n) is 19.2. The smallest absolute Gasteiger partial charge is 0.338 e. The Bertz CT molecular complexity index is 947. The lowest BCUT2D eigenvalue weighted by Gasteiger charge is -2.13. The number of hydrogen-bond acceptors (Lipinski definition) is 7. The van der Waals surface area contributed by atoms with Crippen LogP contribution in [0.5, 0.6) is 11.5 Å².